The van der Waals surface area contributed by atoms with E-state index in [9.17, 15) is 9.59 Å². The number of aromatic carboxylic acids is 1. The molecular formula is C13H20N2O3S. The summed E-state index contributed by atoms with van der Waals surface area (Å²) in [6.07, 6.45) is 0. The molecule has 6 heteroatoms. The summed E-state index contributed by atoms with van der Waals surface area (Å²) >= 11 is 1.20. The zero-order valence-electron chi connectivity index (χ0n) is 11.5. The third-order valence-electron chi connectivity index (χ3n) is 2.99. The maximum Gasteiger partial charge on any atom is 0.346 e. The van der Waals surface area contributed by atoms with E-state index in [1.165, 1.54) is 11.3 Å². The first-order valence-corrected chi connectivity index (χ1v) is 7.21. The van der Waals surface area contributed by atoms with Crippen LogP contribution in [0.25, 0.3) is 0 Å². The van der Waals surface area contributed by atoms with Crippen LogP contribution in [0.3, 0.4) is 0 Å². The van der Waals surface area contributed by atoms with Crippen LogP contribution in [0.15, 0.2) is 11.4 Å². The number of nitrogens with zero attached hydrogens (tertiary/aromatic N) is 1. The quantitative estimate of drug-likeness (QED) is 0.801. The van der Waals surface area contributed by atoms with Gasteiger partial charge in [0.2, 0.25) is 5.91 Å². The number of hydrogen-bond donors (Lipinski definition) is 2. The maximum atomic E-state index is 12.0. The molecule has 1 aromatic rings. The molecule has 1 rings (SSSR count). The Labute approximate surface area is 117 Å². The molecule has 19 heavy (non-hydrogen) atoms. The van der Waals surface area contributed by atoms with Gasteiger partial charge < -0.3 is 15.3 Å². The van der Waals surface area contributed by atoms with E-state index in [-0.39, 0.29) is 11.9 Å². The molecule has 1 heterocycles. The molecule has 0 bridgehead atoms. The van der Waals surface area contributed by atoms with Crippen LogP contribution in [0.2, 0.25) is 0 Å². The van der Waals surface area contributed by atoms with E-state index in [0.717, 1.165) is 5.56 Å². The Bertz CT molecular complexity index is 441. The normalized spacial score (nSPS) is 12.2. The zero-order valence-corrected chi connectivity index (χ0v) is 12.3. The Balaban J connectivity index is 2.59. The summed E-state index contributed by atoms with van der Waals surface area (Å²) in [5.41, 5.74) is 0.719. The van der Waals surface area contributed by atoms with Gasteiger partial charge in [0.1, 0.15) is 4.88 Å². The predicted octanol–water partition coefficient (Wildman–Crippen LogP) is 1.79. The molecule has 5 nitrogen and oxygen atoms in total. The van der Waals surface area contributed by atoms with Crippen molar-refractivity contribution >= 4 is 23.2 Å². The molecule has 1 aromatic heterocycles. The summed E-state index contributed by atoms with van der Waals surface area (Å²) in [5, 5.41) is 13.8. The van der Waals surface area contributed by atoms with Gasteiger partial charge in [-0.15, -0.1) is 11.3 Å². The molecule has 0 saturated heterocycles. The summed E-state index contributed by atoms with van der Waals surface area (Å²) in [4.78, 5) is 25.1. The minimum absolute atomic E-state index is 0.0390. The first kappa shape index (κ1) is 15.7. The second kappa shape index (κ2) is 7.25. The number of carboxylic acids is 1. The Morgan fingerprint density at radius 3 is 2.58 bits per heavy atom. The van der Waals surface area contributed by atoms with Crippen LogP contribution in [-0.4, -0.2) is 41.0 Å². The highest BCUT2D eigenvalue weighted by atomic mass is 32.1. The Hall–Kier alpha value is -1.40. The molecule has 1 atom stereocenters. The van der Waals surface area contributed by atoms with Crippen molar-refractivity contribution in [1.29, 1.82) is 0 Å². The summed E-state index contributed by atoms with van der Waals surface area (Å²) < 4.78 is 0. The number of thiophene rings is 1. The number of nitrogens with one attached hydrogen (secondary N) is 1. The maximum absolute atomic E-state index is 12.0. The summed E-state index contributed by atoms with van der Waals surface area (Å²) in [6, 6.07) is 1.46. The average Bonchev–Trinajstić information content (AvgIpc) is 2.85. The smallest absolute Gasteiger partial charge is 0.346 e. The third-order valence-corrected chi connectivity index (χ3v) is 3.93. The molecular weight excluding hydrogens is 264 g/mol. The third kappa shape index (κ3) is 4.04. The fourth-order valence-electron chi connectivity index (χ4n) is 1.82. The number of carboxylic acid groups (broad SMARTS) is 1. The Kier molecular flexibility index (Phi) is 5.98. The molecule has 0 aliphatic heterocycles. The van der Waals surface area contributed by atoms with Gasteiger partial charge in [-0.3, -0.25) is 4.79 Å². The van der Waals surface area contributed by atoms with E-state index in [2.05, 4.69) is 5.32 Å². The summed E-state index contributed by atoms with van der Waals surface area (Å²) in [7, 11) is 0. The summed E-state index contributed by atoms with van der Waals surface area (Å²) in [6.45, 7) is 7.43. The van der Waals surface area contributed by atoms with Crippen molar-refractivity contribution in [3.05, 3.63) is 21.9 Å². The predicted molar refractivity (Wildman–Crippen MR) is 75.5 cm³/mol. The molecule has 0 spiro atoms. The van der Waals surface area contributed by atoms with Crippen molar-refractivity contribution in [3.63, 3.8) is 0 Å². The lowest BCUT2D eigenvalue weighted by Gasteiger charge is -2.23. The second-order valence-corrected chi connectivity index (χ2v) is 5.11. The molecule has 0 aliphatic carbocycles. The lowest BCUT2D eigenvalue weighted by Crippen LogP contribution is -2.44. The highest BCUT2D eigenvalue weighted by molar-refractivity contribution is 7.12. The van der Waals surface area contributed by atoms with Gasteiger partial charge in [-0.25, -0.2) is 4.79 Å². The number of rotatable bonds is 7. The van der Waals surface area contributed by atoms with Gasteiger partial charge in [-0.1, -0.05) is 0 Å². The van der Waals surface area contributed by atoms with Gasteiger partial charge in [0.05, 0.1) is 6.04 Å². The van der Waals surface area contributed by atoms with Crippen LogP contribution in [0.1, 0.15) is 36.0 Å². The minimum Gasteiger partial charge on any atom is -0.477 e. The lowest BCUT2D eigenvalue weighted by molar-refractivity contribution is -0.132. The molecule has 106 valence electrons. The average molecular weight is 284 g/mol. The van der Waals surface area contributed by atoms with Crippen LogP contribution in [-0.2, 0) is 11.3 Å². The van der Waals surface area contributed by atoms with Crippen LogP contribution in [0.4, 0.5) is 0 Å². The summed E-state index contributed by atoms with van der Waals surface area (Å²) in [5.74, 6) is -0.883. The molecule has 1 amide bonds. The fourth-order valence-corrected chi connectivity index (χ4v) is 2.58. The van der Waals surface area contributed by atoms with Crippen molar-refractivity contribution < 1.29 is 14.7 Å². The van der Waals surface area contributed by atoms with E-state index < -0.39 is 5.97 Å². The van der Waals surface area contributed by atoms with Gasteiger partial charge in [-0.2, -0.15) is 0 Å². The number of amides is 1. The zero-order chi connectivity index (χ0) is 14.4. The number of likely N-dealkylation sites (N-methyl/N-ethyl adjacent to an activating group) is 1. The standard InChI is InChI=1S/C13H20N2O3S/c1-4-15(5-2)12(16)9(3)14-8-10-6-7-19-11(10)13(17)18/h6-7,9,14H,4-5,8H2,1-3H3,(H,17,18). The molecule has 0 radical (unpaired) electrons. The van der Waals surface area contributed by atoms with E-state index in [0.29, 0.717) is 24.5 Å². The molecule has 0 aromatic carbocycles. The number of carbonyl (C=O) groups excluding carboxylic acids is 1. The second-order valence-electron chi connectivity index (χ2n) is 4.19. The number of hydrogen-bond acceptors (Lipinski definition) is 4. The first-order chi connectivity index (χ1) is 9.01. The van der Waals surface area contributed by atoms with E-state index in [4.69, 9.17) is 5.11 Å². The monoisotopic (exact) mass is 284 g/mol. The van der Waals surface area contributed by atoms with Crippen LogP contribution in [0, 0.1) is 0 Å². The Morgan fingerprint density at radius 1 is 1.42 bits per heavy atom. The van der Waals surface area contributed by atoms with Crippen molar-refractivity contribution in [2.45, 2.75) is 33.4 Å². The lowest BCUT2D eigenvalue weighted by atomic mass is 10.2. The number of carbonyl (C=O) groups is 2. The molecule has 2 N–H and O–H groups in total. The van der Waals surface area contributed by atoms with E-state index in [1.807, 2.05) is 13.8 Å². The highest BCUT2D eigenvalue weighted by Crippen LogP contribution is 2.16. The molecule has 0 aliphatic rings. The van der Waals surface area contributed by atoms with Crippen molar-refractivity contribution in [2.24, 2.45) is 0 Å². The molecule has 1 unspecified atom stereocenters. The SMILES string of the molecule is CCN(CC)C(=O)C(C)NCc1ccsc1C(=O)O. The van der Waals surface area contributed by atoms with Crippen LogP contribution < -0.4 is 5.32 Å². The molecule has 0 fully saturated rings. The van der Waals surface area contributed by atoms with Crippen LogP contribution >= 0.6 is 11.3 Å². The van der Waals surface area contributed by atoms with Gasteiger partial charge in [0.25, 0.3) is 0 Å². The minimum atomic E-state index is -0.922. The van der Waals surface area contributed by atoms with Crippen molar-refractivity contribution in [2.75, 3.05) is 13.1 Å². The largest absolute Gasteiger partial charge is 0.477 e. The Morgan fingerprint density at radius 2 is 2.05 bits per heavy atom. The topological polar surface area (TPSA) is 69.6 Å². The highest BCUT2D eigenvalue weighted by Gasteiger charge is 2.18. The van der Waals surface area contributed by atoms with E-state index >= 15 is 0 Å². The van der Waals surface area contributed by atoms with Gasteiger partial charge >= 0.3 is 5.97 Å². The van der Waals surface area contributed by atoms with Gasteiger partial charge in [0.15, 0.2) is 0 Å². The molecule has 0 saturated carbocycles. The van der Waals surface area contributed by atoms with Crippen molar-refractivity contribution in [3.8, 4) is 0 Å². The van der Waals surface area contributed by atoms with E-state index in [1.54, 1.807) is 23.3 Å². The van der Waals surface area contributed by atoms with Gasteiger partial charge in [-0.05, 0) is 37.8 Å². The van der Waals surface area contributed by atoms with Crippen LogP contribution in [0.5, 0.6) is 0 Å². The van der Waals surface area contributed by atoms with Crippen molar-refractivity contribution in [1.82, 2.24) is 10.2 Å². The van der Waals surface area contributed by atoms with Gasteiger partial charge in [0, 0.05) is 19.6 Å². The first-order valence-electron chi connectivity index (χ1n) is 6.33. The fraction of sp³-hybridized carbons (Fsp3) is 0.538.